The molecule has 0 spiro atoms. The Bertz CT molecular complexity index is 789. The second-order valence-corrected chi connectivity index (χ2v) is 4.34. The first kappa shape index (κ1) is 12.1. The molecule has 1 aliphatic heterocycles. The van der Waals surface area contributed by atoms with E-state index in [2.05, 4.69) is 15.3 Å². The smallest absolute Gasteiger partial charge is 0.243 e. The molecule has 2 aromatic rings. The van der Waals surface area contributed by atoms with Gasteiger partial charge >= 0.3 is 0 Å². The number of hydrogen-bond acceptors (Lipinski definition) is 5. The molecule has 6 heteroatoms. The van der Waals surface area contributed by atoms with Crippen LogP contribution < -0.4 is 10.1 Å². The van der Waals surface area contributed by atoms with E-state index in [9.17, 15) is 4.79 Å². The van der Waals surface area contributed by atoms with Gasteiger partial charge in [-0.2, -0.15) is 5.26 Å². The lowest BCUT2D eigenvalue weighted by Gasteiger charge is -2.19. The van der Waals surface area contributed by atoms with Crippen LogP contribution >= 0.6 is 0 Å². The second kappa shape index (κ2) is 4.63. The maximum atomic E-state index is 11.1. The number of nitriles is 1. The molecule has 0 saturated heterocycles. The predicted octanol–water partition coefficient (Wildman–Crippen LogP) is 1.44. The zero-order valence-corrected chi connectivity index (χ0v) is 10.7. The molecule has 1 aliphatic rings. The zero-order valence-electron chi connectivity index (χ0n) is 10.7. The summed E-state index contributed by atoms with van der Waals surface area (Å²) in [7, 11) is 0. The molecule has 0 atom stereocenters. The first-order valence-electron chi connectivity index (χ1n) is 6.01. The van der Waals surface area contributed by atoms with Crippen LogP contribution in [0.2, 0.25) is 0 Å². The topological polar surface area (TPSA) is 87.9 Å². The summed E-state index contributed by atoms with van der Waals surface area (Å²) in [5.41, 5.74) is 2.37. The molecule has 20 heavy (non-hydrogen) atoms. The Morgan fingerprint density at radius 3 is 2.70 bits per heavy atom. The van der Waals surface area contributed by atoms with E-state index in [4.69, 9.17) is 10.00 Å². The van der Waals surface area contributed by atoms with Crippen molar-refractivity contribution in [2.24, 2.45) is 0 Å². The van der Waals surface area contributed by atoms with Gasteiger partial charge in [0, 0.05) is 13.3 Å². The van der Waals surface area contributed by atoms with Gasteiger partial charge in [0.1, 0.15) is 11.8 Å². The monoisotopic (exact) mass is 266 g/mol. The SMILES string of the molecule is CC(=O)NC1=C(C#N)Cc2nc3ccccc3nc2O1. The summed E-state index contributed by atoms with van der Waals surface area (Å²) in [5, 5.41) is 11.6. The van der Waals surface area contributed by atoms with Gasteiger partial charge in [-0.3, -0.25) is 10.1 Å². The number of rotatable bonds is 1. The van der Waals surface area contributed by atoms with Crippen LogP contribution in [-0.2, 0) is 11.2 Å². The van der Waals surface area contributed by atoms with Crippen LogP contribution in [0.1, 0.15) is 12.6 Å². The van der Waals surface area contributed by atoms with Crippen molar-refractivity contribution in [3.63, 3.8) is 0 Å². The molecule has 0 bridgehead atoms. The molecule has 0 aliphatic carbocycles. The largest absolute Gasteiger partial charge is 0.420 e. The Hall–Kier alpha value is -2.94. The lowest BCUT2D eigenvalue weighted by molar-refractivity contribution is -0.118. The molecule has 6 nitrogen and oxygen atoms in total. The minimum atomic E-state index is -0.301. The first-order valence-corrected chi connectivity index (χ1v) is 6.01. The fourth-order valence-corrected chi connectivity index (χ4v) is 1.97. The Labute approximate surface area is 114 Å². The number of hydrogen-bond donors (Lipinski definition) is 1. The third-order valence-electron chi connectivity index (χ3n) is 2.85. The van der Waals surface area contributed by atoms with E-state index in [0.29, 0.717) is 29.1 Å². The van der Waals surface area contributed by atoms with Gasteiger partial charge in [0.25, 0.3) is 0 Å². The number of carbonyl (C=O) groups excluding carboxylic acids is 1. The third kappa shape index (κ3) is 2.06. The van der Waals surface area contributed by atoms with Crippen molar-refractivity contribution in [1.29, 1.82) is 5.26 Å². The number of ether oxygens (including phenoxy) is 1. The van der Waals surface area contributed by atoms with E-state index < -0.39 is 0 Å². The molecule has 3 rings (SSSR count). The second-order valence-electron chi connectivity index (χ2n) is 4.34. The highest BCUT2D eigenvalue weighted by Gasteiger charge is 2.23. The molecular weight excluding hydrogens is 256 g/mol. The van der Waals surface area contributed by atoms with Gasteiger partial charge in [-0.1, -0.05) is 12.1 Å². The van der Waals surface area contributed by atoms with Crippen molar-refractivity contribution in [2.45, 2.75) is 13.3 Å². The van der Waals surface area contributed by atoms with Crippen molar-refractivity contribution in [3.8, 4) is 11.9 Å². The van der Waals surface area contributed by atoms with Crippen LogP contribution in [-0.4, -0.2) is 15.9 Å². The number of nitrogens with one attached hydrogen (secondary N) is 1. The van der Waals surface area contributed by atoms with Gasteiger partial charge in [0.15, 0.2) is 0 Å². The van der Waals surface area contributed by atoms with Gasteiger partial charge in [-0.15, -0.1) is 0 Å². The Morgan fingerprint density at radius 1 is 1.35 bits per heavy atom. The highest BCUT2D eigenvalue weighted by Crippen LogP contribution is 2.27. The normalized spacial score (nSPS) is 13.4. The summed E-state index contributed by atoms with van der Waals surface area (Å²) in [5.74, 6) is 0.161. The van der Waals surface area contributed by atoms with Crippen LogP contribution in [0, 0.1) is 11.3 Å². The van der Waals surface area contributed by atoms with E-state index in [0.717, 1.165) is 5.52 Å². The number of para-hydroxylation sites is 2. The number of nitrogens with zero attached hydrogens (tertiary/aromatic N) is 3. The molecule has 0 unspecified atom stereocenters. The molecule has 1 aromatic heterocycles. The van der Waals surface area contributed by atoms with Crippen LogP contribution in [0.3, 0.4) is 0 Å². The van der Waals surface area contributed by atoms with Gasteiger partial charge < -0.3 is 4.74 Å². The Balaban J connectivity index is 2.08. The number of benzene rings is 1. The van der Waals surface area contributed by atoms with Gasteiger partial charge in [0.05, 0.1) is 16.6 Å². The number of allylic oxidation sites excluding steroid dienone is 1. The summed E-state index contributed by atoms with van der Waals surface area (Å²) in [4.78, 5) is 19.9. The van der Waals surface area contributed by atoms with Gasteiger partial charge in [0.2, 0.25) is 17.7 Å². The molecule has 98 valence electrons. The number of amides is 1. The number of aromatic nitrogens is 2. The molecule has 1 amide bonds. The van der Waals surface area contributed by atoms with Crippen molar-refractivity contribution in [1.82, 2.24) is 15.3 Å². The minimum Gasteiger partial charge on any atom is -0.420 e. The summed E-state index contributed by atoms with van der Waals surface area (Å²) in [6.07, 6.45) is 0.291. The van der Waals surface area contributed by atoms with E-state index >= 15 is 0 Å². The molecule has 0 fully saturated rings. The lowest BCUT2D eigenvalue weighted by atomic mass is 10.1. The highest BCUT2D eigenvalue weighted by molar-refractivity contribution is 5.76. The maximum absolute atomic E-state index is 11.1. The van der Waals surface area contributed by atoms with Crippen molar-refractivity contribution < 1.29 is 9.53 Å². The van der Waals surface area contributed by atoms with Crippen LogP contribution in [0.15, 0.2) is 35.7 Å². The van der Waals surface area contributed by atoms with E-state index in [-0.39, 0.29) is 11.8 Å². The average molecular weight is 266 g/mol. The zero-order chi connectivity index (χ0) is 14.1. The standard InChI is InChI=1S/C14H10N4O2/c1-8(19)16-13-9(7-15)6-12-14(20-13)18-11-5-3-2-4-10(11)17-12/h2-5H,6H2,1H3,(H,16,19). The van der Waals surface area contributed by atoms with Crippen molar-refractivity contribution in [3.05, 3.63) is 41.4 Å². The number of fused-ring (bicyclic) bond motifs is 2. The van der Waals surface area contributed by atoms with E-state index in [1.54, 1.807) is 0 Å². The Kier molecular flexibility index (Phi) is 2.80. The van der Waals surface area contributed by atoms with Crippen molar-refractivity contribution in [2.75, 3.05) is 0 Å². The fourth-order valence-electron chi connectivity index (χ4n) is 1.97. The van der Waals surface area contributed by atoms with Gasteiger partial charge in [-0.05, 0) is 12.1 Å². The summed E-state index contributed by atoms with van der Waals surface area (Å²) < 4.78 is 5.51. The van der Waals surface area contributed by atoms with E-state index in [1.807, 2.05) is 30.3 Å². The Morgan fingerprint density at radius 2 is 2.05 bits per heavy atom. The summed E-state index contributed by atoms with van der Waals surface area (Å²) in [6, 6.07) is 9.43. The van der Waals surface area contributed by atoms with E-state index in [1.165, 1.54) is 6.92 Å². The van der Waals surface area contributed by atoms with Gasteiger partial charge in [-0.25, -0.2) is 9.97 Å². The maximum Gasteiger partial charge on any atom is 0.243 e. The minimum absolute atomic E-state index is 0.136. The van der Waals surface area contributed by atoms with Crippen LogP contribution in [0.5, 0.6) is 5.88 Å². The predicted molar refractivity (Wildman–Crippen MR) is 70.3 cm³/mol. The molecule has 0 radical (unpaired) electrons. The molecule has 0 saturated carbocycles. The first-order chi connectivity index (χ1) is 9.67. The quantitative estimate of drug-likeness (QED) is 0.843. The number of carbonyl (C=O) groups is 1. The highest BCUT2D eigenvalue weighted by atomic mass is 16.5. The average Bonchev–Trinajstić information content (AvgIpc) is 2.44. The van der Waals surface area contributed by atoms with Crippen LogP contribution in [0.25, 0.3) is 11.0 Å². The third-order valence-corrected chi connectivity index (χ3v) is 2.85. The lowest BCUT2D eigenvalue weighted by Crippen LogP contribution is -2.28. The van der Waals surface area contributed by atoms with Crippen molar-refractivity contribution >= 4 is 16.9 Å². The molecular formula is C14H10N4O2. The molecule has 2 heterocycles. The van der Waals surface area contributed by atoms with Crippen LogP contribution in [0.4, 0.5) is 0 Å². The summed E-state index contributed by atoms with van der Waals surface area (Å²) in [6.45, 7) is 1.35. The summed E-state index contributed by atoms with van der Waals surface area (Å²) >= 11 is 0. The fraction of sp³-hybridized carbons (Fsp3) is 0.143. The molecule has 1 N–H and O–H groups in total. The molecule has 1 aromatic carbocycles.